The summed E-state index contributed by atoms with van der Waals surface area (Å²) in [5.41, 5.74) is 6.76. The van der Waals surface area contributed by atoms with E-state index in [0.717, 1.165) is 0 Å². The van der Waals surface area contributed by atoms with Gasteiger partial charge in [0.1, 0.15) is 11.3 Å². The smallest absolute Gasteiger partial charge is 0.192 e. The molecule has 14 heavy (non-hydrogen) atoms. The van der Waals surface area contributed by atoms with Crippen molar-refractivity contribution >= 4 is 16.7 Å². The predicted molar refractivity (Wildman–Crippen MR) is 56.3 cm³/mol. The highest BCUT2D eigenvalue weighted by Gasteiger charge is 2.03. The lowest BCUT2D eigenvalue weighted by molar-refractivity contribution is 0.543. The highest BCUT2D eigenvalue weighted by molar-refractivity contribution is 5.79. The summed E-state index contributed by atoms with van der Waals surface area (Å²) in [6.45, 7) is 1.94. The molecule has 0 unspecified atom stereocenters. The molecule has 3 nitrogen and oxygen atoms in total. The molecule has 0 radical (unpaired) electrons. The largest absolute Gasteiger partial charge is 0.461 e. The van der Waals surface area contributed by atoms with E-state index in [-0.39, 0.29) is 5.43 Å². The quantitative estimate of drug-likeness (QED) is 0.697. The highest BCUT2D eigenvalue weighted by atomic mass is 16.3. The second-order valence-electron chi connectivity index (χ2n) is 3.19. The van der Waals surface area contributed by atoms with Crippen LogP contribution in [0.4, 0.5) is 5.69 Å². The van der Waals surface area contributed by atoms with E-state index in [1.165, 1.54) is 6.07 Å². The van der Waals surface area contributed by atoms with Gasteiger partial charge in [0.2, 0.25) is 0 Å². The maximum atomic E-state index is 11.6. The summed E-state index contributed by atoms with van der Waals surface area (Å²) < 4.78 is 5.49. The lowest BCUT2D eigenvalue weighted by atomic mass is 10.2. The highest BCUT2D eigenvalue weighted by Crippen LogP contribution is 2.15. The molecule has 0 spiro atoms. The molecule has 0 amide bonds. The van der Waals surface area contributed by atoms with Crippen LogP contribution in [0, 0.1) is 0 Å². The second kappa shape index (κ2) is 3.18. The number of hydrogen-bond acceptors (Lipinski definition) is 3. The van der Waals surface area contributed by atoms with Crippen molar-refractivity contribution in [1.82, 2.24) is 0 Å². The van der Waals surface area contributed by atoms with Crippen LogP contribution in [-0.2, 0) is 6.42 Å². The van der Waals surface area contributed by atoms with Crippen LogP contribution >= 0.6 is 0 Å². The van der Waals surface area contributed by atoms with Gasteiger partial charge >= 0.3 is 0 Å². The number of nitrogen functional groups attached to an aromatic ring is 1. The van der Waals surface area contributed by atoms with Gasteiger partial charge in [-0.15, -0.1) is 0 Å². The number of anilines is 1. The van der Waals surface area contributed by atoms with E-state index < -0.39 is 0 Å². The molecule has 0 atom stereocenters. The van der Waals surface area contributed by atoms with Crippen LogP contribution in [-0.4, -0.2) is 0 Å². The third kappa shape index (κ3) is 1.37. The fourth-order valence-electron chi connectivity index (χ4n) is 1.40. The molecule has 2 rings (SSSR count). The average molecular weight is 189 g/mol. The first-order chi connectivity index (χ1) is 6.70. The Morgan fingerprint density at radius 1 is 1.36 bits per heavy atom. The minimum atomic E-state index is -0.0110. The molecule has 0 fully saturated rings. The fraction of sp³-hybridized carbons (Fsp3) is 0.182. The summed E-state index contributed by atoms with van der Waals surface area (Å²) in [4.78, 5) is 11.6. The molecule has 1 aromatic heterocycles. The van der Waals surface area contributed by atoms with Crippen molar-refractivity contribution in [1.29, 1.82) is 0 Å². The molecule has 2 N–H and O–H groups in total. The van der Waals surface area contributed by atoms with Gasteiger partial charge in [-0.05, 0) is 12.1 Å². The van der Waals surface area contributed by atoms with Gasteiger partial charge in [-0.3, -0.25) is 4.79 Å². The first-order valence-corrected chi connectivity index (χ1v) is 4.53. The average Bonchev–Trinajstić information content (AvgIpc) is 2.16. The zero-order valence-electron chi connectivity index (χ0n) is 7.91. The number of benzene rings is 1. The molecular formula is C11H11NO2. The maximum absolute atomic E-state index is 11.6. The van der Waals surface area contributed by atoms with E-state index in [4.69, 9.17) is 10.2 Å². The molecule has 72 valence electrons. The van der Waals surface area contributed by atoms with Crippen molar-refractivity contribution in [2.24, 2.45) is 0 Å². The molecule has 0 bridgehead atoms. The second-order valence-corrected chi connectivity index (χ2v) is 3.19. The van der Waals surface area contributed by atoms with Crippen molar-refractivity contribution in [2.75, 3.05) is 5.73 Å². The van der Waals surface area contributed by atoms with E-state index in [2.05, 4.69) is 0 Å². The SMILES string of the molecule is CCc1cc(=O)c2ccc(N)cc2o1. The van der Waals surface area contributed by atoms with Crippen LogP contribution in [0.2, 0.25) is 0 Å². The van der Waals surface area contributed by atoms with Gasteiger partial charge in [-0.2, -0.15) is 0 Å². The van der Waals surface area contributed by atoms with E-state index in [9.17, 15) is 4.79 Å². The lowest BCUT2D eigenvalue weighted by Gasteiger charge is -2.00. The zero-order valence-corrected chi connectivity index (χ0v) is 7.91. The minimum Gasteiger partial charge on any atom is -0.461 e. The van der Waals surface area contributed by atoms with Crippen LogP contribution < -0.4 is 11.2 Å². The summed E-state index contributed by atoms with van der Waals surface area (Å²) in [7, 11) is 0. The Morgan fingerprint density at radius 2 is 2.14 bits per heavy atom. The Balaban J connectivity index is 2.84. The molecule has 2 aromatic rings. The number of hydrogen-bond donors (Lipinski definition) is 1. The molecule has 0 aliphatic carbocycles. The van der Waals surface area contributed by atoms with Gasteiger partial charge < -0.3 is 10.2 Å². The monoisotopic (exact) mass is 189 g/mol. The standard InChI is InChI=1S/C11H11NO2/c1-2-8-6-10(13)9-4-3-7(12)5-11(9)14-8/h3-6H,2,12H2,1H3. The summed E-state index contributed by atoms with van der Waals surface area (Å²) in [6, 6.07) is 6.59. The molecule has 3 heteroatoms. The topological polar surface area (TPSA) is 56.2 Å². The molecular weight excluding hydrogens is 178 g/mol. The van der Waals surface area contributed by atoms with Crippen LogP contribution in [0.25, 0.3) is 11.0 Å². The summed E-state index contributed by atoms with van der Waals surface area (Å²) in [5, 5.41) is 0.580. The molecule has 0 aliphatic rings. The van der Waals surface area contributed by atoms with Crippen molar-refractivity contribution < 1.29 is 4.42 Å². The van der Waals surface area contributed by atoms with Gasteiger partial charge in [-0.1, -0.05) is 6.92 Å². The Hall–Kier alpha value is -1.77. The predicted octanol–water partition coefficient (Wildman–Crippen LogP) is 1.94. The number of nitrogens with two attached hydrogens (primary N) is 1. The first kappa shape index (κ1) is 8.81. The zero-order chi connectivity index (χ0) is 10.1. The summed E-state index contributed by atoms with van der Waals surface area (Å²) in [6.07, 6.45) is 0.708. The molecule has 0 saturated heterocycles. The Labute approximate surface area is 81.1 Å². The van der Waals surface area contributed by atoms with E-state index in [1.54, 1.807) is 18.2 Å². The first-order valence-electron chi connectivity index (χ1n) is 4.53. The third-order valence-electron chi connectivity index (χ3n) is 2.15. The third-order valence-corrected chi connectivity index (χ3v) is 2.15. The fourth-order valence-corrected chi connectivity index (χ4v) is 1.40. The van der Waals surface area contributed by atoms with Crippen molar-refractivity contribution in [3.63, 3.8) is 0 Å². The number of aryl methyl sites for hydroxylation is 1. The number of fused-ring (bicyclic) bond motifs is 1. The van der Waals surface area contributed by atoms with Crippen molar-refractivity contribution in [2.45, 2.75) is 13.3 Å². The van der Waals surface area contributed by atoms with Crippen molar-refractivity contribution in [3.8, 4) is 0 Å². The summed E-state index contributed by atoms with van der Waals surface area (Å²) in [5.74, 6) is 0.688. The van der Waals surface area contributed by atoms with Crippen LogP contribution in [0.5, 0.6) is 0 Å². The van der Waals surface area contributed by atoms with Gasteiger partial charge in [0.25, 0.3) is 0 Å². The van der Waals surface area contributed by atoms with E-state index in [0.29, 0.717) is 28.8 Å². The van der Waals surface area contributed by atoms with Crippen LogP contribution in [0.15, 0.2) is 33.5 Å². The van der Waals surface area contributed by atoms with E-state index in [1.807, 2.05) is 6.92 Å². The Kier molecular flexibility index (Phi) is 2.00. The molecule has 0 aliphatic heterocycles. The van der Waals surface area contributed by atoms with E-state index >= 15 is 0 Å². The Bertz CT molecular complexity index is 528. The normalized spacial score (nSPS) is 10.6. The summed E-state index contributed by atoms with van der Waals surface area (Å²) >= 11 is 0. The lowest BCUT2D eigenvalue weighted by Crippen LogP contribution is -2.01. The molecule has 0 saturated carbocycles. The molecule has 1 heterocycles. The van der Waals surface area contributed by atoms with Gasteiger partial charge in [0, 0.05) is 24.2 Å². The van der Waals surface area contributed by atoms with Crippen LogP contribution in [0.3, 0.4) is 0 Å². The minimum absolute atomic E-state index is 0.0110. The maximum Gasteiger partial charge on any atom is 0.192 e. The Morgan fingerprint density at radius 3 is 2.86 bits per heavy atom. The van der Waals surface area contributed by atoms with Crippen molar-refractivity contribution in [3.05, 3.63) is 40.2 Å². The van der Waals surface area contributed by atoms with Gasteiger partial charge in [0.15, 0.2) is 5.43 Å². The van der Waals surface area contributed by atoms with Gasteiger partial charge in [0.05, 0.1) is 5.39 Å². The van der Waals surface area contributed by atoms with Crippen LogP contribution in [0.1, 0.15) is 12.7 Å². The number of rotatable bonds is 1. The molecule has 1 aromatic carbocycles. The van der Waals surface area contributed by atoms with Gasteiger partial charge in [-0.25, -0.2) is 0 Å².